The van der Waals surface area contributed by atoms with Crippen LogP contribution in [-0.4, -0.2) is 18.9 Å². The third-order valence-corrected chi connectivity index (χ3v) is 5.39. The molecule has 0 unspecified atom stereocenters. The SMILES string of the molecule is COc1ccccc1[C@H]1CC(=O)Oc2ccc3c(c21)O/C(=C\c1ccccc1)C3=O. The summed E-state index contributed by atoms with van der Waals surface area (Å²) < 4.78 is 17.1. The Hall–Kier alpha value is -3.86. The number of carbonyl (C=O) groups excluding carboxylic acids is 2. The van der Waals surface area contributed by atoms with Gasteiger partial charge in [-0.2, -0.15) is 0 Å². The van der Waals surface area contributed by atoms with Crippen molar-refractivity contribution in [1.82, 2.24) is 0 Å². The maximum absolute atomic E-state index is 13.0. The van der Waals surface area contributed by atoms with E-state index in [9.17, 15) is 9.59 Å². The molecule has 3 aromatic rings. The Morgan fingerprint density at radius 3 is 2.50 bits per heavy atom. The third-order valence-electron chi connectivity index (χ3n) is 5.39. The highest BCUT2D eigenvalue weighted by atomic mass is 16.5. The van der Waals surface area contributed by atoms with Crippen molar-refractivity contribution < 1.29 is 23.8 Å². The molecule has 30 heavy (non-hydrogen) atoms. The van der Waals surface area contributed by atoms with Crippen molar-refractivity contribution in [3.05, 3.63) is 94.7 Å². The fraction of sp³-hybridized carbons (Fsp3) is 0.120. The van der Waals surface area contributed by atoms with E-state index in [4.69, 9.17) is 14.2 Å². The maximum atomic E-state index is 13.0. The molecule has 0 saturated heterocycles. The molecule has 0 bridgehead atoms. The second kappa shape index (κ2) is 7.19. The molecule has 0 saturated carbocycles. The first-order chi connectivity index (χ1) is 14.7. The van der Waals surface area contributed by atoms with Crippen molar-refractivity contribution in [2.75, 3.05) is 7.11 Å². The molecule has 0 fully saturated rings. The van der Waals surface area contributed by atoms with Crippen molar-refractivity contribution in [1.29, 1.82) is 0 Å². The van der Waals surface area contributed by atoms with Gasteiger partial charge in [0.1, 0.15) is 17.2 Å². The number of benzene rings is 3. The largest absolute Gasteiger partial charge is 0.496 e. The fourth-order valence-electron chi connectivity index (χ4n) is 4.03. The number of ether oxygens (including phenoxy) is 3. The Bertz CT molecular complexity index is 1190. The van der Waals surface area contributed by atoms with Gasteiger partial charge in [0.15, 0.2) is 5.76 Å². The summed E-state index contributed by atoms with van der Waals surface area (Å²) in [5.41, 5.74) is 2.88. The minimum atomic E-state index is -0.337. The van der Waals surface area contributed by atoms with Crippen LogP contribution in [0.15, 0.2) is 72.5 Å². The lowest BCUT2D eigenvalue weighted by Crippen LogP contribution is -2.22. The number of ketones is 1. The number of esters is 1. The predicted molar refractivity (Wildman–Crippen MR) is 111 cm³/mol. The summed E-state index contributed by atoms with van der Waals surface area (Å²) in [4.78, 5) is 25.3. The standard InChI is InChI=1S/C25H18O5/c1-28-19-10-6-5-9-16(19)18-14-22(26)29-20-12-11-17-24(27)21(30-25(17)23(18)20)13-15-7-3-2-4-8-15/h2-13,18H,14H2,1H3/b21-13-/t18-/m1/s1. The lowest BCUT2D eigenvalue weighted by molar-refractivity contribution is -0.135. The molecule has 5 heteroatoms. The van der Waals surface area contributed by atoms with Gasteiger partial charge < -0.3 is 14.2 Å². The number of rotatable bonds is 3. The van der Waals surface area contributed by atoms with E-state index in [2.05, 4.69) is 0 Å². The summed E-state index contributed by atoms with van der Waals surface area (Å²) in [6.07, 6.45) is 1.86. The van der Waals surface area contributed by atoms with E-state index in [1.165, 1.54) is 0 Å². The first-order valence-electron chi connectivity index (χ1n) is 9.65. The Kier molecular flexibility index (Phi) is 4.36. The number of para-hydroxylation sites is 1. The lowest BCUT2D eigenvalue weighted by atomic mass is 9.84. The van der Waals surface area contributed by atoms with Gasteiger partial charge in [0.05, 0.1) is 19.1 Å². The normalized spacial score (nSPS) is 18.4. The van der Waals surface area contributed by atoms with Gasteiger partial charge in [-0.15, -0.1) is 0 Å². The van der Waals surface area contributed by atoms with Gasteiger partial charge >= 0.3 is 5.97 Å². The molecule has 3 aromatic carbocycles. The van der Waals surface area contributed by atoms with E-state index in [-0.39, 0.29) is 29.9 Å². The number of hydrogen-bond donors (Lipinski definition) is 0. The van der Waals surface area contributed by atoms with Crippen molar-refractivity contribution in [3.63, 3.8) is 0 Å². The van der Waals surface area contributed by atoms with E-state index in [0.717, 1.165) is 11.1 Å². The van der Waals surface area contributed by atoms with Crippen LogP contribution in [0, 0.1) is 0 Å². The molecule has 5 rings (SSSR count). The van der Waals surface area contributed by atoms with E-state index in [0.29, 0.717) is 28.4 Å². The van der Waals surface area contributed by atoms with Crippen molar-refractivity contribution in [3.8, 4) is 17.2 Å². The average Bonchev–Trinajstić information content (AvgIpc) is 3.09. The molecule has 2 aliphatic heterocycles. The Balaban J connectivity index is 1.65. The quantitative estimate of drug-likeness (QED) is 0.362. The van der Waals surface area contributed by atoms with Crippen LogP contribution in [0.2, 0.25) is 0 Å². The Morgan fingerprint density at radius 1 is 0.933 bits per heavy atom. The Labute approximate surface area is 173 Å². The van der Waals surface area contributed by atoms with Gasteiger partial charge in [-0.3, -0.25) is 9.59 Å². The number of Topliss-reactive ketones (excluding diaryl/α,β-unsaturated/α-hetero) is 1. The monoisotopic (exact) mass is 398 g/mol. The van der Waals surface area contributed by atoms with Crippen LogP contribution < -0.4 is 14.2 Å². The van der Waals surface area contributed by atoms with E-state index >= 15 is 0 Å². The molecule has 0 radical (unpaired) electrons. The highest BCUT2D eigenvalue weighted by Gasteiger charge is 2.39. The molecule has 0 N–H and O–H groups in total. The van der Waals surface area contributed by atoms with Crippen molar-refractivity contribution >= 4 is 17.8 Å². The Morgan fingerprint density at radius 2 is 1.70 bits per heavy atom. The van der Waals surface area contributed by atoms with Crippen LogP contribution in [0.25, 0.3) is 6.08 Å². The summed E-state index contributed by atoms with van der Waals surface area (Å²) in [5.74, 6) is 0.925. The van der Waals surface area contributed by atoms with Gasteiger partial charge in [-0.05, 0) is 29.8 Å². The summed E-state index contributed by atoms with van der Waals surface area (Å²) in [6.45, 7) is 0. The highest BCUT2D eigenvalue weighted by Crippen LogP contribution is 2.50. The van der Waals surface area contributed by atoms with E-state index in [1.807, 2.05) is 54.6 Å². The van der Waals surface area contributed by atoms with E-state index in [1.54, 1.807) is 25.3 Å². The minimum Gasteiger partial charge on any atom is -0.496 e. The molecule has 2 heterocycles. The minimum absolute atomic E-state index is 0.138. The summed E-state index contributed by atoms with van der Waals surface area (Å²) in [7, 11) is 1.59. The topological polar surface area (TPSA) is 61.8 Å². The van der Waals surface area contributed by atoms with Gasteiger partial charge in [-0.25, -0.2) is 0 Å². The number of fused-ring (bicyclic) bond motifs is 3. The van der Waals surface area contributed by atoms with Crippen molar-refractivity contribution in [2.45, 2.75) is 12.3 Å². The molecule has 148 valence electrons. The third kappa shape index (κ3) is 2.95. The molecular weight excluding hydrogens is 380 g/mol. The molecule has 1 atom stereocenters. The van der Waals surface area contributed by atoms with Crippen LogP contribution in [0.4, 0.5) is 0 Å². The second-order valence-electron chi connectivity index (χ2n) is 7.18. The highest BCUT2D eigenvalue weighted by molar-refractivity contribution is 6.15. The van der Waals surface area contributed by atoms with Crippen LogP contribution in [0.3, 0.4) is 0 Å². The molecule has 0 amide bonds. The number of allylic oxidation sites excluding steroid dienone is 1. The van der Waals surface area contributed by atoms with E-state index < -0.39 is 0 Å². The lowest BCUT2D eigenvalue weighted by Gasteiger charge is -2.27. The number of carbonyl (C=O) groups is 2. The second-order valence-corrected chi connectivity index (χ2v) is 7.18. The average molecular weight is 398 g/mol. The van der Waals surface area contributed by atoms with Gasteiger partial charge in [0.2, 0.25) is 5.78 Å². The smallest absolute Gasteiger partial charge is 0.312 e. The van der Waals surface area contributed by atoms with Gasteiger partial charge in [-0.1, -0.05) is 48.5 Å². The first-order valence-corrected chi connectivity index (χ1v) is 9.65. The predicted octanol–water partition coefficient (Wildman–Crippen LogP) is 4.75. The zero-order valence-corrected chi connectivity index (χ0v) is 16.3. The molecule has 5 nitrogen and oxygen atoms in total. The van der Waals surface area contributed by atoms with Gasteiger partial charge in [0.25, 0.3) is 0 Å². The summed E-state index contributed by atoms with van der Waals surface area (Å²) in [5, 5.41) is 0. The zero-order valence-electron chi connectivity index (χ0n) is 16.3. The number of hydrogen-bond acceptors (Lipinski definition) is 5. The van der Waals surface area contributed by atoms with Crippen LogP contribution in [0.1, 0.15) is 39.4 Å². The first kappa shape index (κ1) is 18.2. The molecular formula is C25H18O5. The maximum Gasteiger partial charge on any atom is 0.312 e. The summed E-state index contributed by atoms with van der Waals surface area (Å²) >= 11 is 0. The van der Waals surface area contributed by atoms with Crippen LogP contribution >= 0.6 is 0 Å². The van der Waals surface area contributed by atoms with Crippen LogP contribution in [-0.2, 0) is 4.79 Å². The van der Waals surface area contributed by atoms with Gasteiger partial charge in [0, 0.05) is 17.0 Å². The fourth-order valence-corrected chi connectivity index (χ4v) is 4.03. The molecule has 2 aliphatic rings. The molecule has 0 aromatic heterocycles. The molecule has 0 aliphatic carbocycles. The van der Waals surface area contributed by atoms with Crippen molar-refractivity contribution in [2.24, 2.45) is 0 Å². The summed E-state index contributed by atoms with van der Waals surface area (Å²) in [6, 6.07) is 20.4. The van der Waals surface area contributed by atoms with Crippen LogP contribution in [0.5, 0.6) is 17.2 Å². The number of methoxy groups -OCH3 is 1. The molecule has 0 spiro atoms. The zero-order chi connectivity index (χ0) is 20.7.